The molecule has 0 radical (unpaired) electrons. The summed E-state index contributed by atoms with van der Waals surface area (Å²) in [6.07, 6.45) is 1.97. The molecule has 0 atom stereocenters. The summed E-state index contributed by atoms with van der Waals surface area (Å²) in [7, 11) is -0.571. The molecule has 1 aromatic rings. The van der Waals surface area contributed by atoms with Crippen molar-refractivity contribution in [2.45, 2.75) is 33.1 Å². The van der Waals surface area contributed by atoms with Crippen LogP contribution in [0.15, 0.2) is 30.3 Å². The Hall–Kier alpha value is -1.21. The fraction of sp³-hybridized carbons (Fsp3) is 0.462. The summed E-state index contributed by atoms with van der Waals surface area (Å²) in [5.74, 6) is -0.386. The van der Waals surface area contributed by atoms with Crippen LogP contribution in [0.4, 0.5) is 0 Å². The van der Waals surface area contributed by atoms with Crippen LogP contribution in [-0.2, 0) is 20.3 Å². The van der Waals surface area contributed by atoms with Crippen LogP contribution < -0.4 is 0 Å². The molecule has 0 fully saturated rings. The average Bonchev–Trinajstić information content (AvgIpc) is 2.37. The monoisotopic (exact) mass is 252 g/mol. The van der Waals surface area contributed by atoms with Crippen LogP contribution in [0.5, 0.6) is 0 Å². The van der Waals surface area contributed by atoms with E-state index in [0.717, 1.165) is 5.56 Å². The van der Waals surface area contributed by atoms with Gasteiger partial charge in [-0.25, -0.2) is 4.57 Å². The molecule has 0 aliphatic rings. The first kappa shape index (κ1) is 13.9. The molecule has 92 valence electrons. The number of rotatable bonds is 6. The lowest BCUT2D eigenvalue weighted by Gasteiger charge is -2.27. The van der Waals surface area contributed by atoms with Gasteiger partial charge in [-0.2, -0.15) is 0 Å². The fourth-order valence-corrected chi connectivity index (χ4v) is 2.24. The highest BCUT2D eigenvalue weighted by atomic mass is 31.1. The minimum absolute atomic E-state index is 0.386. The first-order valence-electron chi connectivity index (χ1n) is 5.76. The Balaban J connectivity index is 2.92. The van der Waals surface area contributed by atoms with Gasteiger partial charge in [-0.15, -0.1) is 0 Å². The summed E-state index contributed by atoms with van der Waals surface area (Å²) in [5, 5.41) is 0. The van der Waals surface area contributed by atoms with Gasteiger partial charge in [-0.3, -0.25) is 4.79 Å². The minimum Gasteiger partial charge on any atom is -0.372 e. The van der Waals surface area contributed by atoms with Gasteiger partial charge >= 0.3 is 14.7 Å². The highest BCUT2D eigenvalue weighted by Crippen LogP contribution is 2.33. The van der Waals surface area contributed by atoms with E-state index < -0.39 is 14.1 Å². The van der Waals surface area contributed by atoms with Crippen LogP contribution in [0.1, 0.15) is 32.3 Å². The van der Waals surface area contributed by atoms with Crippen molar-refractivity contribution in [1.29, 1.82) is 0 Å². The number of carbonyl (C=O) groups is 1. The molecule has 17 heavy (non-hydrogen) atoms. The third-order valence-electron chi connectivity index (χ3n) is 3.29. The van der Waals surface area contributed by atoms with Crippen LogP contribution >= 0.6 is 8.69 Å². The van der Waals surface area contributed by atoms with Gasteiger partial charge < -0.3 is 4.52 Å². The van der Waals surface area contributed by atoms with Crippen LogP contribution in [0.2, 0.25) is 0 Å². The van der Waals surface area contributed by atoms with Crippen LogP contribution in [0, 0.1) is 5.41 Å². The van der Waals surface area contributed by atoms with Crippen molar-refractivity contribution in [3.8, 4) is 0 Å². The van der Waals surface area contributed by atoms with Crippen molar-refractivity contribution < 1.29 is 13.9 Å². The lowest BCUT2D eigenvalue weighted by atomic mass is 9.77. The summed E-state index contributed by atoms with van der Waals surface area (Å²) in [6.45, 7) is 3.91. The molecule has 0 unspecified atom stereocenters. The Morgan fingerprint density at radius 3 is 2.29 bits per heavy atom. The molecule has 0 saturated heterocycles. The molecule has 0 amide bonds. The average molecular weight is 252 g/mol. The van der Waals surface area contributed by atoms with E-state index in [1.54, 1.807) is 0 Å². The van der Waals surface area contributed by atoms with Gasteiger partial charge in [0.25, 0.3) is 0 Å². The number of hydrogen-bond acceptors (Lipinski definition) is 3. The van der Waals surface area contributed by atoms with Crippen LogP contribution in [0.3, 0.4) is 0 Å². The molecule has 0 spiro atoms. The second kappa shape index (κ2) is 6.51. The first-order chi connectivity index (χ1) is 8.18. The van der Waals surface area contributed by atoms with E-state index >= 15 is 0 Å². The minimum atomic E-state index is -0.571. The normalized spacial score (nSPS) is 11.4. The molecule has 0 aliphatic heterocycles. The second-order valence-corrected chi connectivity index (χ2v) is 4.43. The molecule has 1 aromatic carbocycles. The Morgan fingerprint density at radius 1 is 1.24 bits per heavy atom. The largest absolute Gasteiger partial charge is 0.398 e. The van der Waals surface area contributed by atoms with E-state index in [4.69, 9.17) is 0 Å². The van der Waals surface area contributed by atoms with Gasteiger partial charge in [0.05, 0.1) is 5.41 Å². The van der Waals surface area contributed by atoms with Crippen molar-refractivity contribution in [3.05, 3.63) is 35.9 Å². The molecule has 0 saturated carbocycles. The van der Waals surface area contributed by atoms with Crippen molar-refractivity contribution in [3.63, 3.8) is 0 Å². The van der Waals surface area contributed by atoms with Crippen molar-refractivity contribution in [2.75, 3.05) is 0 Å². The van der Waals surface area contributed by atoms with E-state index in [1.807, 2.05) is 44.2 Å². The van der Waals surface area contributed by atoms with Gasteiger partial charge in [0.15, 0.2) is 0 Å². The molecule has 0 N–H and O–H groups in total. The molecule has 0 aliphatic carbocycles. The Morgan fingerprint density at radius 2 is 1.82 bits per heavy atom. The van der Waals surface area contributed by atoms with E-state index in [1.165, 1.54) is 0 Å². The molecular weight excluding hydrogens is 235 g/mol. The van der Waals surface area contributed by atoms with E-state index in [0.29, 0.717) is 19.3 Å². The summed E-state index contributed by atoms with van der Waals surface area (Å²) in [5.41, 5.74) is 0.523. The summed E-state index contributed by atoms with van der Waals surface area (Å²) < 4.78 is 15.0. The maximum Gasteiger partial charge on any atom is 0.398 e. The molecule has 4 heteroatoms. The van der Waals surface area contributed by atoms with Crippen molar-refractivity contribution in [1.82, 2.24) is 0 Å². The molecule has 3 nitrogen and oxygen atoms in total. The zero-order chi connectivity index (χ0) is 12.7. The zero-order valence-electron chi connectivity index (χ0n) is 10.2. The maximum absolute atomic E-state index is 11.9. The lowest BCUT2D eigenvalue weighted by molar-refractivity contribution is -0.145. The predicted octanol–water partition coefficient (Wildman–Crippen LogP) is 3.79. The van der Waals surface area contributed by atoms with Crippen LogP contribution in [0.25, 0.3) is 0 Å². The van der Waals surface area contributed by atoms with E-state index in [2.05, 4.69) is 4.52 Å². The highest BCUT2D eigenvalue weighted by molar-refractivity contribution is 7.18. The summed E-state index contributed by atoms with van der Waals surface area (Å²) >= 11 is 0. The van der Waals surface area contributed by atoms with E-state index in [-0.39, 0.29) is 5.97 Å². The zero-order valence-corrected chi connectivity index (χ0v) is 11.1. The fourth-order valence-electron chi connectivity index (χ4n) is 1.98. The number of benzene rings is 1. The lowest BCUT2D eigenvalue weighted by Crippen LogP contribution is -2.32. The summed E-state index contributed by atoms with van der Waals surface area (Å²) in [6, 6.07) is 9.81. The topological polar surface area (TPSA) is 43.4 Å². The van der Waals surface area contributed by atoms with Gasteiger partial charge in [-0.1, -0.05) is 44.2 Å². The Labute approximate surface area is 103 Å². The smallest absolute Gasteiger partial charge is 0.372 e. The quantitative estimate of drug-likeness (QED) is 0.723. The molecular formula is C13H17O3P. The molecule has 1 rings (SSSR count). The van der Waals surface area contributed by atoms with Crippen molar-refractivity contribution >= 4 is 14.7 Å². The van der Waals surface area contributed by atoms with E-state index in [9.17, 15) is 9.36 Å². The van der Waals surface area contributed by atoms with Gasteiger partial charge in [-0.05, 0) is 24.8 Å². The third-order valence-corrected chi connectivity index (χ3v) is 3.53. The second-order valence-electron chi connectivity index (χ2n) is 4.10. The first-order valence-corrected chi connectivity index (χ1v) is 6.49. The summed E-state index contributed by atoms with van der Waals surface area (Å²) in [4.78, 5) is 11.9. The standard InChI is InChI=1S/C13H17O3P/c1-3-13(4-2,12(14)16-17-15)10-11-8-6-5-7-9-11/h5-9H,3-4,10H2,1-2H3. The van der Waals surface area contributed by atoms with Crippen molar-refractivity contribution in [2.24, 2.45) is 5.41 Å². The highest BCUT2D eigenvalue weighted by Gasteiger charge is 2.36. The van der Waals surface area contributed by atoms with Gasteiger partial charge in [0, 0.05) is 0 Å². The number of carbonyl (C=O) groups excluding carboxylic acids is 1. The maximum atomic E-state index is 11.9. The predicted molar refractivity (Wildman–Crippen MR) is 66.9 cm³/mol. The van der Waals surface area contributed by atoms with Gasteiger partial charge in [0.1, 0.15) is 0 Å². The van der Waals surface area contributed by atoms with Crippen LogP contribution in [-0.4, -0.2) is 5.97 Å². The number of hydrogen-bond donors (Lipinski definition) is 0. The molecule has 0 bridgehead atoms. The SMILES string of the molecule is CCC(CC)(Cc1ccccc1)C(=O)OP=O. The Bertz CT molecular complexity index is 372. The molecule has 0 heterocycles. The Kier molecular flexibility index (Phi) is 5.30. The van der Waals surface area contributed by atoms with Gasteiger partial charge in [0.2, 0.25) is 0 Å². The molecule has 0 aromatic heterocycles. The third kappa shape index (κ3) is 3.37.